The van der Waals surface area contributed by atoms with Gasteiger partial charge in [0.2, 0.25) is 0 Å². The summed E-state index contributed by atoms with van der Waals surface area (Å²) in [6, 6.07) is 10.1. The number of rotatable bonds is 3. The third-order valence-corrected chi connectivity index (χ3v) is 6.61. The predicted octanol–water partition coefficient (Wildman–Crippen LogP) is 5.04. The predicted molar refractivity (Wildman–Crippen MR) is 99.5 cm³/mol. The van der Waals surface area contributed by atoms with Gasteiger partial charge in [0.1, 0.15) is 15.7 Å². The van der Waals surface area contributed by atoms with Gasteiger partial charge in [0.25, 0.3) is 0 Å². The van der Waals surface area contributed by atoms with Gasteiger partial charge >= 0.3 is 0 Å². The Morgan fingerprint density at radius 1 is 1.21 bits per heavy atom. The van der Waals surface area contributed by atoms with E-state index in [0.717, 1.165) is 39.0 Å². The van der Waals surface area contributed by atoms with Gasteiger partial charge in [-0.1, -0.05) is 18.2 Å². The molecule has 0 amide bonds. The Bertz CT molecular complexity index is 953. The molecule has 0 N–H and O–H groups in total. The fraction of sp³-hybridized carbons (Fsp3) is 0.316. The molecule has 3 nitrogen and oxygen atoms in total. The lowest BCUT2D eigenvalue weighted by Gasteiger charge is -2.12. The summed E-state index contributed by atoms with van der Waals surface area (Å²) in [6.07, 6.45) is 4.86. The molecule has 0 aliphatic heterocycles. The molecule has 0 spiro atoms. The first kappa shape index (κ1) is 15.6. The average molecular weight is 352 g/mol. The Morgan fingerprint density at radius 3 is 2.92 bits per heavy atom. The van der Waals surface area contributed by atoms with E-state index in [1.807, 2.05) is 42.5 Å². The maximum Gasteiger partial charge on any atom is 0.128 e. The molecular weight excluding hydrogens is 334 g/mol. The first-order chi connectivity index (χ1) is 11.8. The van der Waals surface area contributed by atoms with E-state index in [0.29, 0.717) is 0 Å². The standard InChI is InChI=1S/C19H17N3S2/c1-12-21-18(23-11-14-7-3-2-6-13(14)10-20)17-15-8-4-5-9-16(15)24-19(17)22-12/h2-3,6-7H,4-5,8-9,11H2,1H3. The summed E-state index contributed by atoms with van der Waals surface area (Å²) in [5.74, 6) is 1.59. The van der Waals surface area contributed by atoms with Crippen molar-refractivity contribution in [3.63, 3.8) is 0 Å². The molecule has 0 saturated carbocycles. The molecule has 24 heavy (non-hydrogen) atoms. The minimum Gasteiger partial charge on any atom is -0.226 e. The number of thiophene rings is 1. The lowest BCUT2D eigenvalue weighted by atomic mass is 9.97. The highest BCUT2D eigenvalue weighted by Crippen LogP contribution is 2.40. The van der Waals surface area contributed by atoms with Crippen LogP contribution in [0.5, 0.6) is 0 Å². The fourth-order valence-corrected chi connectivity index (χ4v) is 5.71. The molecule has 0 unspecified atom stereocenters. The van der Waals surface area contributed by atoms with E-state index in [9.17, 15) is 5.26 Å². The van der Waals surface area contributed by atoms with E-state index in [4.69, 9.17) is 4.98 Å². The largest absolute Gasteiger partial charge is 0.226 e. The van der Waals surface area contributed by atoms with E-state index in [1.54, 1.807) is 11.8 Å². The van der Waals surface area contributed by atoms with E-state index >= 15 is 0 Å². The molecule has 5 heteroatoms. The van der Waals surface area contributed by atoms with Crippen LogP contribution in [0.1, 0.15) is 40.2 Å². The van der Waals surface area contributed by atoms with Gasteiger partial charge in [0.05, 0.1) is 11.6 Å². The second-order valence-corrected chi connectivity index (χ2v) is 8.07. The molecular formula is C19H17N3S2. The number of thioether (sulfide) groups is 1. The van der Waals surface area contributed by atoms with Gasteiger partial charge in [-0.3, -0.25) is 0 Å². The van der Waals surface area contributed by atoms with Crippen LogP contribution in [-0.2, 0) is 18.6 Å². The van der Waals surface area contributed by atoms with Gasteiger partial charge in [-0.05, 0) is 49.8 Å². The second-order valence-electron chi connectivity index (χ2n) is 6.02. The minimum atomic E-state index is 0.749. The van der Waals surface area contributed by atoms with E-state index in [2.05, 4.69) is 11.1 Å². The molecule has 1 aliphatic rings. The molecule has 0 atom stereocenters. The molecule has 0 bridgehead atoms. The molecule has 120 valence electrons. The molecule has 2 heterocycles. The summed E-state index contributed by atoms with van der Waals surface area (Å²) < 4.78 is 0. The average Bonchev–Trinajstić information content (AvgIpc) is 2.98. The van der Waals surface area contributed by atoms with Gasteiger partial charge in [-0.15, -0.1) is 23.1 Å². The molecule has 0 saturated heterocycles. The van der Waals surface area contributed by atoms with Gasteiger partial charge in [-0.2, -0.15) is 5.26 Å². The first-order valence-corrected chi connectivity index (χ1v) is 9.96. The van der Waals surface area contributed by atoms with Crippen LogP contribution in [0.2, 0.25) is 0 Å². The number of hydrogen-bond donors (Lipinski definition) is 0. The lowest BCUT2D eigenvalue weighted by Crippen LogP contribution is -1.99. The van der Waals surface area contributed by atoms with Crippen LogP contribution in [-0.4, -0.2) is 9.97 Å². The quantitative estimate of drug-likeness (QED) is 0.490. The van der Waals surface area contributed by atoms with Crippen molar-refractivity contribution >= 4 is 33.3 Å². The Labute approximate surface area is 149 Å². The molecule has 3 aromatic rings. The number of nitrogens with zero attached hydrogens (tertiary/aromatic N) is 3. The van der Waals surface area contributed by atoms with Crippen molar-refractivity contribution in [3.8, 4) is 6.07 Å². The highest BCUT2D eigenvalue weighted by molar-refractivity contribution is 7.98. The number of nitriles is 1. The maximum absolute atomic E-state index is 9.27. The number of hydrogen-bond acceptors (Lipinski definition) is 5. The monoisotopic (exact) mass is 351 g/mol. The third-order valence-electron chi connectivity index (χ3n) is 4.40. The molecule has 2 aromatic heterocycles. The normalized spacial score (nSPS) is 13.7. The zero-order valence-electron chi connectivity index (χ0n) is 13.5. The van der Waals surface area contributed by atoms with Crippen molar-refractivity contribution in [2.45, 2.75) is 43.4 Å². The summed E-state index contributed by atoms with van der Waals surface area (Å²) in [7, 11) is 0. The van der Waals surface area contributed by atoms with Crippen molar-refractivity contribution in [1.29, 1.82) is 5.26 Å². The van der Waals surface area contributed by atoms with Crippen LogP contribution in [0.4, 0.5) is 0 Å². The molecule has 1 aromatic carbocycles. The SMILES string of the molecule is Cc1nc(SCc2ccccc2C#N)c2c3c(sc2n1)CCCC3. The highest BCUT2D eigenvalue weighted by Gasteiger charge is 2.20. The van der Waals surface area contributed by atoms with Crippen molar-refractivity contribution in [1.82, 2.24) is 9.97 Å². The zero-order valence-corrected chi connectivity index (χ0v) is 15.1. The number of benzene rings is 1. The van der Waals surface area contributed by atoms with Crippen molar-refractivity contribution in [2.24, 2.45) is 0 Å². The lowest BCUT2D eigenvalue weighted by molar-refractivity contribution is 0.699. The maximum atomic E-state index is 9.27. The van der Waals surface area contributed by atoms with Gasteiger partial charge in [0.15, 0.2) is 0 Å². The zero-order chi connectivity index (χ0) is 16.5. The van der Waals surface area contributed by atoms with E-state index in [-0.39, 0.29) is 0 Å². The Morgan fingerprint density at radius 2 is 2.04 bits per heavy atom. The Balaban J connectivity index is 1.73. The number of aryl methyl sites for hydroxylation is 3. The Kier molecular flexibility index (Phi) is 4.26. The Hall–Kier alpha value is -1.90. The fourth-order valence-electron chi connectivity index (χ4n) is 3.23. The molecule has 0 fully saturated rings. The van der Waals surface area contributed by atoms with Crippen molar-refractivity contribution in [3.05, 3.63) is 51.7 Å². The van der Waals surface area contributed by atoms with Crippen molar-refractivity contribution < 1.29 is 0 Å². The minimum absolute atomic E-state index is 0.749. The summed E-state index contributed by atoms with van der Waals surface area (Å²) >= 11 is 3.57. The van der Waals surface area contributed by atoms with Crippen LogP contribution in [0, 0.1) is 18.3 Å². The summed E-state index contributed by atoms with van der Waals surface area (Å²) in [5, 5.41) is 11.6. The summed E-state index contributed by atoms with van der Waals surface area (Å²) in [4.78, 5) is 12.0. The smallest absolute Gasteiger partial charge is 0.128 e. The van der Waals surface area contributed by atoms with Crippen molar-refractivity contribution in [2.75, 3.05) is 0 Å². The van der Waals surface area contributed by atoms with E-state index < -0.39 is 0 Å². The van der Waals surface area contributed by atoms with Gasteiger partial charge in [-0.25, -0.2) is 9.97 Å². The van der Waals surface area contributed by atoms with Gasteiger partial charge in [0, 0.05) is 16.0 Å². The number of aromatic nitrogens is 2. The molecule has 0 radical (unpaired) electrons. The van der Waals surface area contributed by atoms with Crippen LogP contribution >= 0.6 is 23.1 Å². The van der Waals surface area contributed by atoms with E-state index in [1.165, 1.54) is 35.1 Å². The number of fused-ring (bicyclic) bond motifs is 3. The summed E-state index contributed by atoms with van der Waals surface area (Å²) in [5.41, 5.74) is 3.29. The third kappa shape index (κ3) is 2.81. The highest BCUT2D eigenvalue weighted by atomic mass is 32.2. The van der Waals surface area contributed by atoms with Crippen LogP contribution in [0.3, 0.4) is 0 Å². The second kappa shape index (κ2) is 6.54. The molecule has 4 rings (SSSR count). The summed E-state index contributed by atoms with van der Waals surface area (Å²) in [6.45, 7) is 1.96. The van der Waals surface area contributed by atoms with Gasteiger partial charge < -0.3 is 0 Å². The topological polar surface area (TPSA) is 49.6 Å². The van der Waals surface area contributed by atoms with Crippen LogP contribution in [0.15, 0.2) is 29.3 Å². The van der Waals surface area contributed by atoms with Crippen LogP contribution in [0.25, 0.3) is 10.2 Å². The molecule has 1 aliphatic carbocycles. The first-order valence-electron chi connectivity index (χ1n) is 8.16. The van der Waals surface area contributed by atoms with Crippen LogP contribution < -0.4 is 0 Å².